The van der Waals surface area contributed by atoms with Crippen LogP contribution < -0.4 is 32.7 Å². The first-order chi connectivity index (χ1) is 25.1. The molecule has 0 atom stereocenters. The van der Waals surface area contributed by atoms with Crippen LogP contribution in [0.25, 0.3) is 0 Å². The fourth-order valence-electron chi connectivity index (χ4n) is 5.63. The van der Waals surface area contributed by atoms with Crippen LogP contribution in [0.4, 0.5) is 11.4 Å². The maximum absolute atomic E-state index is 13.4. The smallest absolute Gasteiger partial charge is 0.267 e. The average Bonchev–Trinajstić information content (AvgIpc) is 3.69. The van der Waals surface area contributed by atoms with Crippen LogP contribution in [0.3, 0.4) is 0 Å². The summed E-state index contributed by atoms with van der Waals surface area (Å²) in [6, 6.07) is 8.15. The number of amides is 4. The zero-order valence-electron chi connectivity index (χ0n) is 31.9. The molecule has 2 heterocycles. The molecular weight excluding hydrogens is 672 g/mol. The molecule has 0 aliphatic heterocycles. The van der Waals surface area contributed by atoms with Crippen LogP contribution in [0.2, 0.25) is 0 Å². The van der Waals surface area contributed by atoms with Crippen molar-refractivity contribution in [2.45, 2.75) is 99.1 Å². The molecule has 0 spiro atoms. The van der Waals surface area contributed by atoms with Crippen molar-refractivity contribution in [2.24, 2.45) is 23.3 Å². The minimum absolute atomic E-state index is 0.127. The summed E-state index contributed by atoms with van der Waals surface area (Å²) in [4.78, 5) is 52.9. The van der Waals surface area contributed by atoms with Gasteiger partial charge in [-0.05, 0) is 93.2 Å². The topological polar surface area (TPSA) is 226 Å². The highest BCUT2D eigenvalue weighted by Gasteiger charge is 2.19. The van der Waals surface area contributed by atoms with E-state index in [-0.39, 0.29) is 35.3 Å². The van der Waals surface area contributed by atoms with Gasteiger partial charge >= 0.3 is 0 Å². The molecule has 0 aliphatic carbocycles. The number of nitrogens with two attached hydrogens (primary N) is 2. The maximum atomic E-state index is 13.4. The van der Waals surface area contributed by atoms with E-state index in [0.717, 1.165) is 12.8 Å². The highest BCUT2D eigenvalue weighted by Crippen LogP contribution is 2.21. The molecule has 3 aromatic rings. The molecule has 0 aliphatic rings. The van der Waals surface area contributed by atoms with Crippen LogP contribution >= 0.6 is 0 Å². The lowest BCUT2D eigenvalue weighted by molar-refractivity contribution is 0.0935. The molecule has 0 fully saturated rings. The summed E-state index contributed by atoms with van der Waals surface area (Å²) >= 11 is 0. The van der Waals surface area contributed by atoms with Crippen molar-refractivity contribution in [3.8, 4) is 0 Å². The molecule has 0 saturated heterocycles. The third kappa shape index (κ3) is 13.9. The summed E-state index contributed by atoms with van der Waals surface area (Å²) in [5, 5.41) is 26.4. The van der Waals surface area contributed by atoms with Crippen molar-refractivity contribution in [1.82, 2.24) is 19.8 Å². The van der Waals surface area contributed by atoms with Gasteiger partial charge in [-0.1, -0.05) is 27.7 Å². The molecule has 0 bridgehead atoms. The Morgan fingerprint density at radius 1 is 0.660 bits per heavy atom. The molecule has 3 rings (SSSR count). The molecule has 0 unspecified atom stereocenters. The van der Waals surface area contributed by atoms with Crippen molar-refractivity contribution in [2.75, 3.05) is 23.7 Å². The van der Waals surface area contributed by atoms with Gasteiger partial charge in [0.25, 0.3) is 23.6 Å². The number of nitrogens with zero attached hydrogens (tertiary/aromatic N) is 2. The van der Waals surface area contributed by atoms with E-state index < -0.39 is 0 Å². The van der Waals surface area contributed by atoms with Gasteiger partial charge in [0, 0.05) is 62.5 Å². The third-order valence-corrected chi connectivity index (χ3v) is 8.72. The van der Waals surface area contributed by atoms with Gasteiger partial charge in [0.05, 0.1) is 23.0 Å². The molecule has 2 aromatic heterocycles. The highest BCUT2D eigenvalue weighted by atomic mass is 16.2. The van der Waals surface area contributed by atoms with Gasteiger partial charge in [0.1, 0.15) is 11.4 Å². The Morgan fingerprint density at radius 2 is 1.11 bits per heavy atom. The first-order valence-corrected chi connectivity index (χ1v) is 18.5. The molecule has 14 heteroatoms. The lowest BCUT2D eigenvalue weighted by Crippen LogP contribution is -2.27. The summed E-state index contributed by atoms with van der Waals surface area (Å²) in [5.74, 6) is -0.140. The van der Waals surface area contributed by atoms with Crippen molar-refractivity contribution >= 4 is 46.7 Å². The Kier molecular flexibility index (Phi) is 16.3. The second kappa shape index (κ2) is 20.6. The summed E-state index contributed by atoms with van der Waals surface area (Å²) in [5.41, 5.74) is 14.0. The number of unbranched alkanes of at least 4 members (excludes halogenated alkanes) is 2. The van der Waals surface area contributed by atoms with Gasteiger partial charge in [-0.3, -0.25) is 30.0 Å². The van der Waals surface area contributed by atoms with Gasteiger partial charge < -0.3 is 41.9 Å². The van der Waals surface area contributed by atoms with Crippen LogP contribution in [-0.2, 0) is 13.1 Å². The van der Waals surface area contributed by atoms with Crippen LogP contribution in [0.15, 0.2) is 42.7 Å². The minimum atomic E-state index is -0.378. The SMILES string of the molecule is Cc1cc(C(=O)Nc2cc(C(=O)NCCCCC(=N)N)n(CCC(C)C)c2)ccc1C(=O)Nc1cc(C(=O)NCCCCC(=N)N)n(CCC(C)C)c1. The second-order valence-corrected chi connectivity index (χ2v) is 14.4. The summed E-state index contributed by atoms with van der Waals surface area (Å²) in [6.45, 7) is 12.3. The molecule has 4 amide bonds. The average molecular weight is 731 g/mol. The normalized spacial score (nSPS) is 11.1. The summed E-state index contributed by atoms with van der Waals surface area (Å²) < 4.78 is 3.70. The summed E-state index contributed by atoms with van der Waals surface area (Å²) in [6.07, 6.45) is 9.02. The molecule has 53 heavy (non-hydrogen) atoms. The van der Waals surface area contributed by atoms with Crippen LogP contribution in [0.1, 0.15) is 126 Å². The fraction of sp³-hybridized carbons (Fsp3) is 0.487. The van der Waals surface area contributed by atoms with Gasteiger partial charge in [-0.25, -0.2) is 0 Å². The van der Waals surface area contributed by atoms with E-state index >= 15 is 0 Å². The molecule has 0 saturated carbocycles. The van der Waals surface area contributed by atoms with E-state index in [0.29, 0.717) is 116 Å². The van der Waals surface area contributed by atoms with E-state index in [9.17, 15) is 19.2 Å². The number of benzene rings is 1. The Bertz CT molecular complexity index is 1750. The van der Waals surface area contributed by atoms with E-state index in [4.69, 9.17) is 22.3 Å². The zero-order chi connectivity index (χ0) is 39.1. The zero-order valence-corrected chi connectivity index (χ0v) is 31.9. The largest absolute Gasteiger partial charge is 0.388 e. The number of nitrogens with one attached hydrogen (secondary N) is 6. The van der Waals surface area contributed by atoms with Gasteiger partial charge in [0.15, 0.2) is 0 Å². The molecular formula is C39H58N10O4. The second-order valence-electron chi connectivity index (χ2n) is 14.4. The highest BCUT2D eigenvalue weighted by molar-refractivity contribution is 6.09. The predicted octanol–water partition coefficient (Wildman–Crippen LogP) is 5.87. The Balaban J connectivity index is 1.69. The third-order valence-electron chi connectivity index (χ3n) is 8.72. The van der Waals surface area contributed by atoms with Gasteiger partial charge in [0.2, 0.25) is 0 Å². The molecule has 0 radical (unpaired) electrons. The van der Waals surface area contributed by atoms with Gasteiger partial charge in [-0.2, -0.15) is 0 Å². The van der Waals surface area contributed by atoms with Crippen molar-refractivity contribution in [1.29, 1.82) is 10.8 Å². The predicted molar refractivity (Wildman–Crippen MR) is 211 cm³/mol. The first kappa shape index (κ1) is 42.0. The number of rotatable bonds is 22. The number of hydrogen-bond donors (Lipinski definition) is 8. The minimum Gasteiger partial charge on any atom is -0.388 e. The van der Waals surface area contributed by atoms with Crippen LogP contribution in [0, 0.1) is 29.6 Å². The van der Waals surface area contributed by atoms with E-state index in [2.05, 4.69) is 49.0 Å². The standard InChI is InChI=1S/C39H58N10O4/c1-25(2)14-18-48-23-29(21-32(48)38(52)44-16-8-6-10-34(40)41)46-36(50)28-12-13-31(27(5)20-28)37(51)47-30-22-33(49(24-30)19-15-26(3)4)39(53)45-17-9-7-11-35(42)43/h12-13,20-26H,6-11,14-19H2,1-5H3,(H3,40,41)(H3,42,43)(H,44,52)(H,45,53)(H,46,50)(H,47,51). The Labute approximate surface area is 312 Å². The number of carbonyl (C=O) groups excluding carboxylic acids is 4. The van der Waals surface area contributed by atoms with Crippen LogP contribution in [-0.4, -0.2) is 57.5 Å². The number of anilines is 2. The fourth-order valence-corrected chi connectivity index (χ4v) is 5.63. The number of carbonyl (C=O) groups is 4. The molecule has 288 valence electrons. The lowest BCUT2D eigenvalue weighted by atomic mass is 10.0. The van der Waals surface area contributed by atoms with Crippen molar-refractivity contribution in [3.05, 3.63) is 70.8 Å². The van der Waals surface area contributed by atoms with Crippen molar-refractivity contribution in [3.63, 3.8) is 0 Å². The lowest BCUT2D eigenvalue weighted by Gasteiger charge is -2.11. The van der Waals surface area contributed by atoms with Crippen LogP contribution in [0.5, 0.6) is 0 Å². The summed E-state index contributed by atoms with van der Waals surface area (Å²) in [7, 11) is 0. The molecule has 1 aromatic carbocycles. The van der Waals surface area contributed by atoms with E-state index in [1.165, 1.54) is 0 Å². The number of aryl methyl sites for hydroxylation is 3. The molecule has 10 N–H and O–H groups in total. The van der Waals surface area contributed by atoms with Gasteiger partial charge in [-0.15, -0.1) is 0 Å². The molecule has 14 nitrogen and oxygen atoms in total. The van der Waals surface area contributed by atoms with E-state index in [1.807, 2.05) is 9.13 Å². The Hall–Kier alpha value is -5.40. The number of aromatic nitrogens is 2. The van der Waals surface area contributed by atoms with Crippen molar-refractivity contribution < 1.29 is 19.2 Å². The monoisotopic (exact) mass is 730 g/mol. The maximum Gasteiger partial charge on any atom is 0.267 e. The Morgan fingerprint density at radius 3 is 1.53 bits per heavy atom. The first-order valence-electron chi connectivity index (χ1n) is 18.5. The number of hydrogen-bond acceptors (Lipinski definition) is 6. The number of amidine groups is 2. The quantitative estimate of drug-likeness (QED) is 0.0358. The van der Waals surface area contributed by atoms with E-state index in [1.54, 1.807) is 49.6 Å².